The van der Waals surface area contributed by atoms with Crippen LogP contribution in [0.25, 0.3) is 6.08 Å². The third kappa shape index (κ3) is 4.36. The first-order chi connectivity index (χ1) is 10.6. The number of carbonyl (C=O) groups excluding carboxylic acids is 1. The summed E-state index contributed by atoms with van der Waals surface area (Å²) in [5, 5.41) is 2.78. The fourth-order valence-corrected chi connectivity index (χ4v) is 2.29. The molecule has 1 N–H and O–H groups in total. The molecule has 0 fully saturated rings. The first-order valence-electron chi connectivity index (χ1n) is 6.59. The molecule has 0 saturated heterocycles. The molecule has 0 unspecified atom stereocenters. The minimum atomic E-state index is -0.244. The molecular formula is C17H16BrNO3. The molecule has 0 aliphatic heterocycles. The van der Waals surface area contributed by atoms with Gasteiger partial charge in [-0.05, 0) is 35.9 Å². The molecule has 114 valence electrons. The Balaban J connectivity index is 2.11. The zero-order valence-electron chi connectivity index (χ0n) is 12.3. The summed E-state index contributed by atoms with van der Waals surface area (Å²) >= 11 is 3.39. The van der Waals surface area contributed by atoms with Crippen LogP contribution in [0.5, 0.6) is 11.5 Å². The molecule has 0 radical (unpaired) electrons. The molecule has 4 nitrogen and oxygen atoms in total. The number of carbonyl (C=O) groups is 1. The first kappa shape index (κ1) is 16.1. The smallest absolute Gasteiger partial charge is 0.248 e. The molecule has 0 bridgehead atoms. The zero-order chi connectivity index (χ0) is 15.9. The van der Waals surface area contributed by atoms with Gasteiger partial charge in [-0.1, -0.05) is 28.1 Å². The molecular weight excluding hydrogens is 346 g/mol. The van der Waals surface area contributed by atoms with Crippen LogP contribution in [-0.4, -0.2) is 20.1 Å². The van der Waals surface area contributed by atoms with Gasteiger partial charge in [0.15, 0.2) is 0 Å². The highest BCUT2D eigenvalue weighted by atomic mass is 79.9. The van der Waals surface area contributed by atoms with E-state index in [-0.39, 0.29) is 5.91 Å². The van der Waals surface area contributed by atoms with Crippen LogP contribution in [0.4, 0.5) is 5.69 Å². The van der Waals surface area contributed by atoms with Gasteiger partial charge in [-0.2, -0.15) is 0 Å². The van der Waals surface area contributed by atoms with Crippen LogP contribution < -0.4 is 14.8 Å². The Labute approximate surface area is 137 Å². The summed E-state index contributed by atoms with van der Waals surface area (Å²) in [5.41, 5.74) is 1.49. The molecule has 0 aromatic heterocycles. The maximum absolute atomic E-state index is 12.0. The van der Waals surface area contributed by atoms with Gasteiger partial charge in [-0.15, -0.1) is 0 Å². The Hall–Kier alpha value is -2.27. The average molecular weight is 362 g/mol. The predicted octanol–water partition coefficient (Wildman–Crippen LogP) is 4.12. The van der Waals surface area contributed by atoms with Gasteiger partial charge in [0.2, 0.25) is 5.91 Å². The highest BCUT2D eigenvalue weighted by molar-refractivity contribution is 9.10. The second-order valence-corrected chi connectivity index (χ2v) is 5.36. The molecule has 0 heterocycles. The van der Waals surface area contributed by atoms with Gasteiger partial charge in [-0.25, -0.2) is 0 Å². The number of anilines is 1. The Bertz CT molecular complexity index is 698. The largest absolute Gasteiger partial charge is 0.497 e. The number of benzene rings is 2. The topological polar surface area (TPSA) is 47.6 Å². The van der Waals surface area contributed by atoms with Gasteiger partial charge >= 0.3 is 0 Å². The zero-order valence-corrected chi connectivity index (χ0v) is 13.9. The second kappa shape index (κ2) is 7.66. The van der Waals surface area contributed by atoms with E-state index in [1.807, 2.05) is 24.3 Å². The molecule has 0 spiro atoms. The van der Waals surface area contributed by atoms with E-state index in [0.29, 0.717) is 17.2 Å². The number of amides is 1. The van der Waals surface area contributed by atoms with Gasteiger partial charge < -0.3 is 14.8 Å². The van der Waals surface area contributed by atoms with Crippen LogP contribution in [0.15, 0.2) is 53.0 Å². The number of ether oxygens (including phenoxy) is 2. The van der Waals surface area contributed by atoms with Crippen LogP contribution in [0.3, 0.4) is 0 Å². The summed E-state index contributed by atoms with van der Waals surface area (Å²) < 4.78 is 11.3. The molecule has 5 heteroatoms. The number of hydrogen-bond acceptors (Lipinski definition) is 3. The quantitative estimate of drug-likeness (QED) is 0.814. The summed E-state index contributed by atoms with van der Waals surface area (Å²) in [7, 11) is 3.12. The number of rotatable bonds is 5. The molecule has 2 aromatic rings. The van der Waals surface area contributed by atoms with Crippen molar-refractivity contribution in [3.63, 3.8) is 0 Å². The number of nitrogens with one attached hydrogen (secondary N) is 1. The standard InChI is InChI=1S/C17H16BrNO3/c1-21-14-7-8-16(22-2)15(11-14)19-17(20)9-6-12-4-3-5-13(18)10-12/h3-11H,1-2H3,(H,19,20)/b9-6+. The van der Waals surface area contributed by atoms with Gasteiger partial charge in [-0.3, -0.25) is 4.79 Å². The van der Waals surface area contributed by atoms with Crippen molar-refractivity contribution in [3.8, 4) is 11.5 Å². The van der Waals surface area contributed by atoms with Gasteiger partial charge in [0, 0.05) is 16.6 Å². The van der Waals surface area contributed by atoms with E-state index in [0.717, 1.165) is 10.0 Å². The lowest BCUT2D eigenvalue weighted by Gasteiger charge is -2.10. The Morgan fingerprint density at radius 3 is 2.64 bits per heavy atom. The van der Waals surface area contributed by atoms with Crippen molar-refractivity contribution < 1.29 is 14.3 Å². The molecule has 2 rings (SSSR count). The van der Waals surface area contributed by atoms with E-state index in [9.17, 15) is 4.79 Å². The summed E-state index contributed by atoms with van der Waals surface area (Å²) in [6.07, 6.45) is 3.22. The summed E-state index contributed by atoms with van der Waals surface area (Å²) in [5.74, 6) is 0.976. The van der Waals surface area contributed by atoms with E-state index in [2.05, 4.69) is 21.2 Å². The molecule has 22 heavy (non-hydrogen) atoms. The summed E-state index contributed by atoms with van der Waals surface area (Å²) in [6.45, 7) is 0. The first-order valence-corrected chi connectivity index (χ1v) is 7.38. The Morgan fingerprint density at radius 2 is 1.95 bits per heavy atom. The van der Waals surface area contributed by atoms with Gasteiger partial charge in [0.1, 0.15) is 11.5 Å². The summed E-state index contributed by atoms with van der Waals surface area (Å²) in [4.78, 5) is 12.0. The van der Waals surface area contributed by atoms with Crippen molar-refractivity contribution in [1.29, 1.82) is 0 Å². The fourth-order valence-electron chi connectivity index (χ4n) is 1.87. The minimum Gasteiger partial charge on any atom is -0.497 e. The lowest BCUT2D eigenvalue weighted by molar-refractivity contribution is -0.111. The summed E-state index contributed by atoms with van der Waals surface area (Å²) in [6, 6.07) is 12.9. The van der Waals surface area contributed by atoms with Crippen molar-refractivity contribution in [3.05, 3.63) is 58.6 Å². The van der Waals surface area contributed by atoms with Crippen LogP contribution in [0.2, 0.25) is 0 Å². The second-order valence-electron chi connectivity index (χ2n) is 4.44. The van der Waals surface area contributed by atoms with E-state index in [1.165, 1.54) is 6.08 Å². The Kier molecular flexibility index (Phi) is 5.61. The Morgan fingerprint density at radius 1 is 1.14 bits per heavy atom. The van der Waals surface area contributed by atoms with Crippen molar-refractivity contribution >= 4 is 33.6 Å². The maximum Gasteiger partial charge on any atom is 0.248 e. The molecule has 0 aliphatic rings. The lowest BCUT2D eigenvalue weighted by Crippen LogP contribution is -2.09. The van der Waals surface area contributed by atoms with E-state index < -0.39 is 0 Å². The van der Waals surface area contributed by atoms with Crippen LogP contribution in [0.1, 0.15) is 5.56 Å². The highest BCUT2D eigenvalue weighted by Gasteiger charge is 2.07. The fraction of sp³-hybridized carbons (Fsp3) is 0.118. The number of methoxy groups -OCH3 is 2. The lowest BCUT2D eigenvalue weighted by atomic mass is 10.2. The van der Waals surface area contributed by atoms with E-state index in [1.54, 1.807) is 38.5 Å². The monoisotopic (exact) mass is 361 g/mol. The predicted molar refractivity (Wildman–Crippen MR) is 91.4 cm³/mol. The van der Waals surface area contributed by atoms with Crippen molar-refractivity contribution in [2.75, 3.05) is 19.5 Å². The van der Waals surface area contributed by atoms with Gasteiger partial charge in [0.05, 0.1) is 19.9 Å². The van der Waals surface area contributed by atoms with Crippen LogP contribution in [0, 0.1) is 0 Å². The maximum atomic E-state index is 12.0. The molecule has 0 atom stereocenters. The van der Waals surface area contributed by atoms with E-state index >= 15 is 0 Å². The average Bonchev–Trinajstić information content (AvgIpc) is 2.53. The van der Waals surface area contributed by atoms with Crippen molar-refractivity contribution in [2.45, 2.75) is 0 Å². The van der Waals surface area contributed by atoms with Gasteiger partial charge in [0.25, 0.3) is 0 Å². The third-order valence-electron chi connectivity index (χ3n) is 2.94. The normalized spacial score (nSPS) is 10.5. The van der Waals surface area contributed by atoms with Crippen molar-refractivity contribution in [1.82, 2.24) is 0 Å². The number of hydrogen-bond donors (Lipinski definition) is 1. The molecule has 0 saturated carbocycles. The van der Waals surface area contributed by atoms with Crippen LogP contribution >= 0.6 is 15.9 Å². The SMILES string of the molecule is COc1ccc(OC)c(NC(=O)/C=C/c2cccc(Br)c2)c1. The van der Waals surface area contributed by atoms with Crippen molar-refractivity contribution in [2.24, 2.45) is 0 Å². The van der Waals surface area contributed by atoms with Crippen LogP contribution in [-0.2, 0) is 4.79 Å². The van der Waals surface area contributed by atoms with E-state index in [4.69, 9.17) is 9.47 Å². The molecule has 2 aromatic carbocycles. The number of halogens is 1. The molecule has 1 amide bonds. The minimum absolute atomic E-state index is 0.244. The molecule has 0 aliphatic carbocycles. The highest BCUT2D eigenvalue weighted by Crippen LogP contribution is 2.28. The third-order valence-corrected chi connectivity index (χ3v) is 3.43.